The Morgan fingerprint density at radius 3 is 1.93 bits per heavy atom. The van der Waals surface area contributed by atoms with Crippen molar-refractivity contribution in [2.75, 3.05) is 4.90 Å². The Morgan fingerprint density at radius 2 is 1.07 bits per heavy atom. The second-order valence-corrected chi connectivity index (χ2v) is 11.3. The fourth-order valence-corrected chi connectivity index (χ4v) is 6.79. The lowest BCUT2D eigenvalue weighted by Gasteiger charge is -2.28. The number of furan rings is 1. The number of fused-ring (bicyclic) bond motifs is 7. The van der Waals surface area contributed by atoms with E-state index in [4.69, 9.17) is 4.42 Å². The average Bonchev–Trinajstić information content (AvgIpc) is 3.49. The van der Waals surface area contributed by atoms with Gasteiger partial charge in [-0.25, -0.2) is 0 Å². The summed E-state index contributed by atoms with van der Waals surface area (Å²) in [6, 6.07) is 58.5. The van der Waals surface area contributed by atoms with E-state index in [1.165, 1.54) is 32.3 Å². The first-order chi connectivity index (χ1) is 21.8. The monoisotopic (exact) mass is 561 g/mol. The van der Waals surface area contributed by atoms with Crippen LogP contribution in [-0.4, -0.2) is 0 Å². The zero-order chi connectivity index (χ0) is 29.0. The minimum atomic E-state index is 0.884. The zero-order valence-electron chi connectivity index (χ0n) is 23.9. The van der Waals surface area contributed by atoms with E-state index < -0.39 is 0 Å². The maximum Gasteiger partial charge on any atom is 0.145 e. The summed E-state index contributed by atoms with van der Waals surface area (Å²) in [6.45, 7) is 0. The van der Waals surface area contributed by atoms with Crippen LogP contribution in [0.1, 0.15) is 0 Å². The predicted octanol–water partition coefficient (Wildman–Crippen LogP) is 12.2. The number of nitrogens with zero attached hydrogens (tertiary/aromatic N) is 1. The molecule has 1 heterocycles. The number of benzene rings is 8. The largest absolute Gasteiger partial charge is 0.455 e. The number of anilines is 3. The lowest BCUT2D eigenvalue weighted by atomic mass is 9.98. The van der Waals surface area contributed by atoms with Crippen molar-refractivity contribution in [3.63, 3.8) is 0 Å². The van der Waals surface area contributed by atoms with Gasteiger partial charge in [-0.15, -0.1) is 0 Å². The molecule has 0 radical (unpaired) electrons. The molecular formula is C42H27NO. The van der Waals surface area contributed by atoms with E-state index in [1.54, 1.807) is 0 Å². The van der Waals surface area contributed by atoms with Gasteiger partial charge in [-0.2, -0.15) is 0 Å². The summed E-state index contributed by atoms with van der Waals surface area (Å²) in [5.41, 5.74) is 7.31. The van der Waals surface area contributed by atoms with E-state index in [2.05, 4.69) is 163 Å². The minimum Gasteiger partial charge on any atom is -0.455 e. The summed E-state index contributed by atoms with van der Waals surface area (Å²) in [4.78, 5) is 2.41. The summed E-state index contributed by atoms with van der Waals surface area (Å²) in [5, 5.41) is 9.59. The van der Waals surface area contributed by atoms with Gasteiger partial charge in [-0.3, -0.25) is 0 Å². The van der Waals surface area contributed by atoms with Crippen molar-refractivity contribution in [2.24, 2.45) is 0 Å². The molecule has 2 nitrogen and oxygen atoms in total. The van der Waals surface area contributed by atoms with Gasteiger partial charge in [-0.1, -0.05) is 127 Å². The Kier molecular flexibility index (Phi) is 5.54. The number of para-hydroxylation sites is 1. The Balaban J connectivity index is 1.38. The van der Waals surface area contributed by atoms with Crippen LogP contribution in [0, 0.1) is 0 Å². The molecule has 0 aliphatic rings. The van der Waals surface area contributed by atoms with E-state index in [9.17, 15) is 0 Å². The molecule has 44 heavy (non-hydrogen) atoms. The Morgan fingerprint density at radius 1 is 0.409 bits per heavy atom. The average molecular weight is 562 g/mol. The molecule has 0 fully saturated rings. The van der Waals surface area contributed by atoms with Gasteiger partial charge in [0.05, 0.1) is 16.8 Å². The van der Waals surface area contributed by atoms with Crippen LogP contribution in [0.2, 0.25) is 0 Å². The van der Waals surface area contributed by atoms with Gasteiger partial charge in [0.25, 0.3) is 0 Å². The van der Waals surface area contributed by atoms with E-state index in [0.29, 0.717) is 0 Å². The third-order valence-electron chi connectivity index (χ3n) is 8.82. The first kappa shape index (κ1) is 24.7. The molecule has 0 saturated carbocycles. The van der Waals surface area contributed by atoms with Crippen LogP contribution in [0.3, 0.4) is 0 Å². The summed E-state index contributed by atoms with van der Waals surface area (Å²) in [6.07, 6.45) is 0. The summed E-state index contributed by atoms with van der Waals surface area (Å²) in [7, 11) is 0. The van der Waals surface area contributed by atoms with Crippen LogP contribution in [-0.2, 0) is 0 Å². The Hall–Kier alpha value is -5.86. The third-order valence-corrected chi connectivity index (χ3v) is 8.82. The fraction of sp³-hybridized carbons (Fsp3) is 0. The highest BCUT2D eigenvalue weighted by Gasteiger charge is 2.23. The van der Waals surface area contributed by atoms with E-state index in [0.717, 1.165) is 50.1 Å². The van der Waals surface area contributed by atoms with Crippen LogP contribution in [0.4, 0.5) is 17.1 Å². The maximum atomic E-state index is 6.68. The molecule has 0 unspecified atom stereocenters. The lowest BCUT2D eigenvalue weighted by molar-refractivity contribution is 0.670. The SMILES string of the molecule is c1ccc(-c2ccc(N(c3ccc4c(ccc5ccccc54)c3)c3cccc4ccccc34)c3c2oc2ccccc23)cc1. The van der Waals surface area contributed by atoms with Gasteiger partial charge >= 0.3 is 0 Å². The summed E-state index contributed by atoms with van der Waals surface area (Å²) in [5.74, 6) is 0. The van der Waals surface area contributed by atoms with Crippen LogP contribution in [0.5, 0.6) is 0 Å². The van der Waals surface area contributed by atoms with Gasteiger partial charge in [0.1, 0.15) is 11.2 Å². The molecule has 0 amide bonds. The fourth-order valence-electron chi connectivity index (χ4n) is 6.79. The number of hydrogen-bond donors (Lipinski definition) is 0. The molecule has 0 aliphatic carbocycles. The Labute approximate surface area is 255 Å². The van der Waals surface area contributed by atoms with Gasteiger partial charge in [-0.05, 0) is 68.9 Å². The van der Waals surface area contributed by atoms with E-state index in [-0.39, 0.29) is 0 Å². The highest BCUT2D eigenvalue weighted by molar-refractivity contribution is 6.18. The quantitative estimate of drug-likeness (QED) is 0.199. The first-order valence-corrected chi connectivity index (χ1v) is 15.0. The van der Waals surface area contributed by atoms with Crippen LogP contribution in [0.15, 0.2) is 168 Å². The molecule has 0 spiro atoms. The molecule has 0 N–H and O–H groups in total. The molecule has 8 aromatic carbocycles. The van der Waals surface area contributed by atoms with Crippen molar-refractivity contribution < 1.29 is 4.42 Å². The lowest BCUT2D eigenvalue weighted by Crippen LogP contribution is -2.11. The topological polar surface area (TPSA) is 16.4 Å². The number of rotatable bonds is 4. The standard InChI is InChI=1S/C42H27NO/c1-2-11-29(12-3-1)36-25-26-39(41-37-18-8-9-20-40(37)44-42(36)41)43(38-19-10-15-28-13-5-7-17-35(28)38)32-23-24-34-31(27-32)22-21-30-14-4-6-16-33(30)34/h1-27H. The molecule has 0 atom stereocenters. The number of hydrogen-bond acceptors (Lipinski definition) is 2. The predicted molar refractivity (Wildman–Crippen MR) is 186 cm³/mol. The van der Waals surface area contributed by atoms with Gasteiger partial charge in [0, 0.05) is 22.0 Å². The van der Waals surface area contributed by atoms with Crippen molar-refractivity contribution >= 4 is 71.3 Å². The third kappa shape index (κ3) is 3.82. The van der Waals surface area contributed by atoms with Crippen molar-refractivity contribution in [1.82, 2.24) is 0 Å². The zero-order valence-corrected chi connectivity index (χ0v) is 23.9. The van der Waals surface area contributed by atoms with Gasteiger partial charge in [0.15, 0.2) is 0 Å². The van der Waals surface area contributed by atoms with Gasteiger partial charge in [0.2, 0.25) is 0 Å². The highest BCUT2D eigenvalue weighted by Crippen LogP contribution is 2.47. The summed E-state index contributed by atoms with van der Waals surface area (Å²) >= 11 is 0. The molecule has 0 bridgehead atoms. The van der Waals surface area contributed by atoms with Gasteiger partial charge < -0.3 is 9.32 Å². The Bertz CT molecular complexity index is 2500. The van der Waals surface area contributed by atoms with E-state index >= 15 is 0 Å². The summed E-state index contributed by atoms with van der Waals surface area (Å²) < 4.78 is 6.68. The van der Waals surface area contributed by atoms with Crippen LogP contribution < -0.4 is 4.90 Å². The maximum absolute atomic E-state index is 6.68. The van der Waals surface area contributed by atoms with Crippen molar-refractivity contribution in [3.8, 4) is 11.1 Å². The smallest absolute Gasteiger partial charge is 0.145 e. The highest BCUT2D eigenvalue weighted by atomic mass is 16.3. The van der Waals surface area contributed by atoms with Crippen LogP contribution in [0.25, 0.3) is 65.4 Å². The second-order valence-electron chi connectivity index (χ2n) is 11.3. The molecule has 0 aliphatic heterocycles. The van der Waals surface area contributed by atoms with E-state index in [1.807, 2.05) is 6.07 Å². The van der Waals surface area contributed by atoms with Crippen LogP contribution >= 0.6 is 0 Å². The molecule has 2 heteroatoms. The molecule has 9 aromatic rings. The molecule has 206 valence electrons. The first-order valence-electron chi connectivity index (χ1n) is 15.0. The van der Waals surface area contributed by atoms with Crippen molar-refractivity contribution in [3.05, 3.63) is 164 Å². The minimum absolute atomic E-state index is 0.884. The molecule has 1 aromatic heterocycles. The molecule has 9 rings (SSSR count). The molecular weight excluding hydrogens is 534 g/mol. The molecule has 0 saturated heterocycles. The normalized spacial score (nSPS) is 11.6. The van der Waals surface area contributed by atoms with Crippen molar-refractivity contribution in [2.45, 2.75) is 0 Å². The second kappa shape index (κ2) is 9.86. The van der Waals surface area contributed by atoms with Crippen molar-refractivity contribution in [1.29, 1.82) is 0 Å².